The molecule has 1 aromatic carbocycles. The summed E-state index contributed by atoms with van der Waals surface area (Å²) >= 11 is 0. The lowest BCUT2D eigenvalue weighted by Gasteiger charge is -2.42. The number of carbonyl (C=O) groups excluding carboxylic acids is 2. The summed E-state index contributed by atoms with van der Waals surface area (Å²) in [4.78, 5) is 27.7. The van der Waals surface area contributed by atoms with Crippen molar-refractivity contribution in [2.75, 3.05) is 0 Å². The summed E-state index contributed by atoms with van der Waals surface area (Å²) in [5.74, 6) is 0.531. The Balaban J connectivity index is 3.17. The van der Waals surface area contributed by atoms with Gasteiger partial charge in [0.1, 0.15) is 5.66 Å². The Morgan fingerprint density at radius 2 is 1.31 bits per heavy atom. The van der Waals surface area contributed by atoms with Gasteiger partial charge in [-0.3, -0.25) is 4.79 Å². The second kappa shape index (κ2) is 10.3. The van der Waals surface area contributed by atoms with E-state index in [9.17, 15) is 9.59 Å². The highest BCUT2D eigenvalue weighted by Gasteiger charge is 2.53. The molecule has 36 heavy (non-hydrogen) atoms. The van der Waals surface area contributed by atoms with E-state index in [4.69, 9.17) is 9.47 Å². The third-order valence-corrected chi connectivity index (χ3v) is 9.48. The molecule has 0 saturated heterocycles. The molecule has 0 aliphatic carbocycles. The number of esters is 2. The van der Waals surface area contributed by atoms with E-state index >= 15 is 4.57 Å². The van der Waals surface area contributed by atoms with Crippen LogP contribution in [-0.2, 0) is 23.6 Å². The molecule has 0 amide bonds. The van der Waals surface area contributed by atoms with Gasteiger partial charge in [-0.15, -0.1) is 0 Å². The van der Waals surface area contributed by atoms with Crippen molar-refractivity contribution in [1.82, 2.24) is 0 Å². The first-order valence-electron chi connectivity index (χ1n) is 12.8. The first-order chi connectivity index (χ1) is 16.2. The van der Waals surface area contributed by atoms with Crippen molar-refractivity contribution in [3.05, 3.63) is 51.4 Å². The molecule has 1 aromatic rings. The molecule has 0 aromatic heterocycles. The maximum absolute atomic E-state index is 15.5. The van der Waals surface area contributed by atoms with Crippen LogP contribution in [0.5, 0.6) is 0 Å². The van der Waals surface area contributed by atoms with Crippen LogP contribution in [0.15, 0.2) is 34.7 Å². The lowest BCUT2D eigenvalue weighted by molar-refractivity contribution is -0.150. The minimum atomic E-state index is -3.69. The van der Waals surface area contributed by atoms with Crippen molar-refractivity contribution in [2.45, 2.75) is 108 Å². The standard InChI is InChI=1S/C30H45O5P/c1-17(2)34-27(31)23-24(30(11,12)13)22(29(8,9)10)16-36(33,26(23)28(32)35-18(3)4)25-20(6)14-19(5)15-21(25)7/h14-18,26H,1-13H3/t26-,36?/m0/s1. The van der Waals surface area contributed by atoms with Gasteiger partial charge in [0, 0.05) is 5.30 Å². The topological polar surface area (TPSA) is 69.7 Å². The molecule has 1 unspecified atom stereocenters. The summed E-state index contributed by atoms with van der Waals surface area (Å²) in [7, 11) is -3.69. The van der Waals surface area contributed by atoms with E-state index in [0.29, 0.717) is 10.9 Å². The molecule has 0 spiro atoms. The van der Waals surface area contributed by atoms with Gasteiger partial charge in [-0.25, -0.2) is 4.79 Å². The number of hydrogen-bond acceptors (Lipinski definition) is 5. The predicted molar refractivity (Wildman–Crippen MR) is 148 cm³/mol. The lowest BCUT2D eigenvalue weighted by Crippen LogP contribution is -2.41. The summed E-state index contributed by atoms with van der Waals surface area (Å²) in [5.41, 5.74) is 2.14. The van der Waals surface area contributed by atoms with Gasteiger partial charge in [-0.05, 0) is 87.4 Å². The highest BCUT2D eigenvalue weighted by Crippen LogP contribution is 2.64. The van der Waals surface area contributed by atoms with Crippen LogP contribution in [0.4, 0.5) is 0 Å². The van der Waals surface area contributed by atoms with Crippen molar-refractivity contribution in [2.24, 2.45) is 10.8 Å². The Hall–Kier alpha value is -2.13. The minimum absolute atomic E-state index is 0.164. The molecule has 0 radical (unpaired) electrons. The Morgan fingerprint density at radius 1 is 0.833 bits per heavy atom. The summed E-state index contributed by atoms with van der Waals surface area (Å²) < 4.78 is 26.9. The quantitative estimate of drug-likeness (QED) is 0.307. The minimum Gasteiger partial charge on any atom is -0.462 e. The maximum atomic E-state index is 15.5. The van der Waals surface area contributed by atoms with E-state index in [2.05, 4.69) is 0 Å². The molecule has 1 heterocycles. The van der Waals surface area contributed by atoms with E-state index in [0.717, 1.165) is 22.3 Å². The lowest BCUT2D eigenvalue weighted by atomic mass is 9.70. The second-order valence-corrected chi connectivity index (χ2v) is 15.3. The Labute approximate surface area is 218 Å². The number of ether oxygens (including phenoxy) is 2. The fourth-order valence-electron chi connectivity index (χ4n) is 5.16. The first kappa shape index (κ1) is 30.1. The molecule has 2 rings (SSSR count). The zero-order valence-corrected chi connectivity index (χ0v) is 25.3. The van der Waals surface area contributed by atoms with Gasteiger partial charge >= 0.3 is 11.9 Å². The molecule has 1 aliphatic rings. The number of carbonyl (C=O) groups is 2. The predicted octanol–water partition coefficient (Wildman–Crippen LogP) is 7.16. The van der Waals surface area contributed by atoms with Crippen LogP contribution >= 0.6 is 7.14 Å². The fraction of sp³-hybridized carbons (Fsp3) is 0.600. The van der Waals surface area contributed by atoms with E-state index in [1.54, 1.807) is 33.5 Å². The van der Waals surface area contributed by atoms with E-state index in [1.165, 1.54) is 0 Å². The van der Waals surface area contributed by atoms with Crippen molar-refractivity contribution < 1.29 is 23.6 Å². The SMILES string of the molecule is Cc1cc(C)c(P2(=O)C=C(C(C)(C)C)C(C(C)(C)C)=C(C(=O)OC(C)C)[C@H]2C(=O)OC(C)C)c(C)c1. The Kier molecular flexibility index (Phi) is 8.63. The van der Waals surface area contributed by atoms with Gasteiger partial charge < -0.3 is 14.0 Å². The van der Waals surface area contributed by atoms with Gasteiger partial charge in [-0.2, -0.15) is 0 Å². The zero-order chi connectivity index (χ0) is 28.0. The van der Waals surface area contributed by atoms with Crippen LogP contribution in [0, 0.1) is 31.6 Å². The summed E-state index contributed by atoms with van der Waals surface area (Å²) in [6.45, 7) is 25.0. The van der Waals surface area contributed by atoms with Gasteiger partial charge in [0.05, 0.1) is 17.8 Å². The molecule has 0 saturated carbocycles. The number of allylic oxidation sites excluding steroid dienone is 2. The highest BCUT2D eigenvalue weighted by atomic mass is 31.2. The van der Waals surface area contributed by atoms with Crippen molar-refractivity contribution in [1.29, 1.82) is 0 Å². The van der Waals surface area contributed by atoms with Gasteiger partial charge in [0.2, 0.25) is 0 Å². The third-order valence-electron chi connectivity index (χ3n) is 6.20. The van der Waals surface area contributed by atoms with E-state index in [-0.39, 0.29) is 5.57 Å². The normalized spacial score (nSPS) is 21.1. The molecule has 6 heteroatoms. The van der Waals surface area contributed by atoms with Crippen molar-refractivity contribution in [3.63, 3.8) is 0 Å². The molecule has 2 atom stereocenters. The van der Waals surface area contributed by atoms with E-state index < -0.39 is 47.8 Å². The largest absolute Gasteiger partial charge is 0.462 e. The van der Waals surface area contributed by atoms with Gasteiger partial charge in [0.15, 0.2) is 7.14 Å². The smallest absolute Gasteiger partial charge is 0.335 e. The number of hydrogen-bond donors (Lipinski definition) is 0. The first-order valence-corrected chi connectivity index (χ1v) is 14.6. The molecule has 1 aliphatic heterocycles. The van der Waals surface area contributed by atoms with E-state index in [1.807, 2.05) is 74.4 Å². The van der Waals surface area contributed by atoms with Gasteiger partial charge in [-0.1, -0.05) is 59.2 Å². The summed E-state index contributed by atoms with van der Waals surface area (Å²) in [6, 6.07) is 3.96. The van der Waals surface area contributed by atoms with Crippen molar-refractivity contribution >= 4 is 24.4 Å². The molecule has 0 N–H and O–H groups in total. The zero-order valence-electron chi connectivity index (χ0n) is 24.5. The van der Waals surface area contributed by atoms with Crippen molar-refractivity contribution in [3.8, 4) is 0 Å². The monoisotopic (exact) mass is 516 g/mol. The summed E-state index contributed by atoms with van der Waals surface area (Å²) in [5, 5.41) is 0.614. The maximum Gasteiger partial charge on any atom is 0.335 e. The molecular weight excluding hydrogens is 471 g/mol. The Bertz CT molecular complexity index is 1130. The second-order valence-electron chi connectivity index (χ2n) is 12.6. The van der Waals surface area contributed by atoms with Crippen LogP contribution in [0.3, 0.4) is 0 Å². The fourth-order valence-corrected chi connectivity index (χ4v) is 8.82. The number of aryl methyl sites for hydroxylation is 3. The third kappa shape index (κ3) is 6.05. The van der Waals surface area contributed by atoms with Crippen LogP contribution < -0.4 is 5.30 Å². The summed E-state index contributed by atoms with van der Waals surface area (Å²) in [6.07, 6.45) is -0.834. The van der Waals surface area contributed by atoms with Gasteiger partial charge in [0.25, 0.3) is 0 Å². The van der Waals surface area contributed by atoms with Crippen LogP contribution in [0.2, 0.25) is 0 Å². The number of rotatable bonds is 5. The number of benzene rings is 1. The molecule has 0 bridgehead atoms. The average molecular weight is 517 g/mol. The van der Waals surface area contributed by atoms with Crippen LogP contribution in [0.25, 0.3) is 0 Å². The molecular formula is C30H45O5P. The van der Waals surface area contributed by atoms with Crippen LogP contribution in [-0.4, -0.2) is 29.8 Å². The molecule has 200 valence electrons. The molecule has 0 fully saturated rings. The van der Waals surface area contributed by atoms with Crippen LogP contribution in [0.1, 0.15) is 85.9 Å². The highest BCUT2D eigenvalue weighted by molar-refractivity contribution is 7.76. The average Bonchev–Trinajstić information content (AvgIpc) is 2.62. The Morgan fingerprint density at radius 3 is 1.69 bits per heavy atom. The molecule has 5 nitrogen and oxygen atoms in total.